The van der Waals surface area contributed by atoms with E-state index >= 15 is 0 Å². The number of carbonyl (C=O) groups excluding carboxylic acids is 3. The van der Waals surface area contributed by atoms with Crippen molar-refractivity contribution in [3.8, 4) is 0 Å². The van der Waals surface area contributed by atoms with Gasteiger partial charge in [0.15, 0.2) is 5.82 Å². The van der Waals surface area contributed by atoms with Gasteiger partial charge in [-0.1, -0.05) is 24.3 Å². The van der Waals surface area contributed by atoms with Crippen LogP contribution in [0.15, 0.2) is 30.3 Å². The largest absolute Gasteiger partial charge is 0.381 e. The van der Waals surface area contributed by atoms with E-state index in [-0.39, 0.29) is 18.4 Å². The standard InChI is InChI=1S/C21H23N5O4/c27-18(22-17-10-16(24-25-17)14-5-3-9-30-12-14)11-26-19(28)21(23-20(26)29)8-7-13-4-1-2-6-15(13)21/h1-2,4,6,10,14H,3,5,7-9,11-12H2,(H,23,29)(H2,22,24,25,27). The molecule has 0 bridgehead atoms. The van der Waals surface area contributed by atoms with Gasteiger partial charge in [-0.15, -0.1) is 0 Å². The lowest BCUT2D eigenvalue weighted by Gasteiger charge is -2.22. The zero-order valence-electron chi connectivity index (χ0n) is 16.4. The van der Waals surface area contributed by atoms with Crippen molar-refractivity contribution in [1.82, 2.24) is 20.4 Å². The molecule has 2 unspecified atom stereocenters. The van der Waals surface area contributed by atoms with Gasteiger partial charge in [-0.25, -0.2) is 4.79 Å². The molecule has 4 amide bonds. The normalized spacial score (nSPS) is 25.5. The highest BCUT2D eigenvalue weighted by atomic mass is 16.5. The molecule has 3 N–H and O–H groups in total. The number of nitrogens with one attached hydrogen (secondary N) is 3. The second-order valence-electron chi connectivity index (χ2n) is 8.05. The van der Waals surface area contributed by atoms with Gasteiger partial charge in [-0.05, 0) is 36.8 Å². The SMILES string of the molecule is O=C(CN1C(=O)NC2(CCc3ccccc32)C1=O)Nc1cc(C2CCCOC2)[nH]n1. The Labute approximate surface area is 173 Å². The number of H-pyrrole nitrogens is 1. The minimum atomic E-state index is -1.06. The van der Waals surface area contributed by atoms with Crippen molar-refractivity contribution in [2.75, 3.05) is 25.1 Å². The predicted molar refractivity (Wildman–Crippen MR) is 107 cm³/mol. The Morgan fingerprint density at radius 1 is 1.33 bits per heavy atom. The summed E-state index contributed by atoms with van der Waals surface area (Å²) >= 11 is 0. The lowest BCUT2D eigenvalue weighted by molar-refractivity contribution is -0.134. The van der Waals surface area contributed by atoms with Gasteiger partial charge in [0.1, 0.15) is 12.1 Å². The average molecular weight is 409 g/mol. The van der Waals surface area contributed by atoms with Crippen LogP contribution < -0.4 is 10.6 Å². The van der Waals surface area contributed by atoms with E-state index in [1.165, 1.54) is 0 Å². The molecule has 156 valence electrons. The molecular weight excluding hydrogens is 386 g/mol. The van der Waals surface area contributed by atoms with Gasteiger partial charge in [0, 0.05) is 24.3 Å². The van der Waals surface area contributed by atoms with Crippen molar-refractivity contribution in [2.45, 2.75) is 37.1 Å². The molecule has 1 aliphatic carbocycles. The van der Waals surface area contributed by atoms with Crippen LogP contribution in [-0.2, 0) is 26.3 Å². The van der Waals surface area contributed by atoms with Crippen LogP contribution in [0.25, 0.3) is 0 Å². The number of aromatic amines is 1. The molecule has 2 atom stereocenters. The zero-order chi connectivity index (χ0) is 20.7. The van der Waals surface area contributed by atoms with Crippen LogP contribution >= 0.6 is 0 Å². The van der Waals surface area contributed by atoms with Crippen molar-refractivity contribution in [3.05, 3.63) is 47.2 Å². The molecule has 3 aliphatic rings. The van der Waals surface area contributed by atoms with Gasteiger partial charge < -0.3 is 15.4 Å². The lowest BCUT2D eigenvalue weighted by atomic mass is 9.92. The fourth-order valence-electron chi connectivity index (χ4n) is 4.65. The van der Waals surface area contributed by atoms with Crippen LogP contribution in [0.5, 0.6) is 0 Å². The van der Waals surface area contributed by atoms with Crippen LogP contribution in [0.2, 0.25) is 0 Å². The predicted octanol–water partition coefficient (Wildman–Crippen LogP) is 1.64. The van der Waals surface area contributed by atoms with Gasteiger partial charge in [0.25, 0.3) is 5.91 Å². The third kappa shape index (κ3) is 3.06. The third-order valence-corrected chi connectivity index (χ3v) is 6.19. The molecule has 30 heavy (non-hydrogen) atoms. The summed E-state index contributed by atoms with van der Waals surface area (Å²) in [4.78, 5) is 39.2. The number of carbonyl (C=O) groups is 3. The fourth-order valence-corrected chi connectivity index (χ4v) is 4.65. The lowest BCUT2D eigenvalue weighted by Crippen LogP contribution is -2.43. The first-order chi connectivity index (χ1) is 14.6. The number of hydrogen-bond acceptors (Lipinski definition) is 5. The monoisotopic (exact) mass is 409 g/mol. The Hall–Kier alpha value is -3.20. The number of benzene rings is 1. The summed E-state index contributed by atoms with van der Waals surface area (Å²) in [6.07, 6.45) is 3.20. The minimum Gasteiger partial charge on any atom is -0.381 e. The van der Waals surface area contributed by atoms with E-state index < -0.39 is 17.5 Å². The van der Waals surface area contributed by atoms with Crippen molar-refractivity contribution >= 4 is 23.7 Å². The highest BCUT2D eigenvalue weighted by molar-refractivity contribution is 6.10. The summed E-state index contributed by atoms with van der Waals surface area (Å²) in [5.41, 5.74) is 1.71. The number of aryl methyl sites for hydroxylation is 1. The van der Waals surface area contributed by atoms with E-state index in [4.69, 9.17) is 4.74 Å². The van der Waals surface area contributed by atoms with Gasteiger partial charge in [-0.2, -0.15) is 5.10 Å². The molecule has 1 aromatic heterocycles. The maximum Gasteiger partial charge on any atom is 0.325 e. The summed E-state index contributed by atoms with van der Waals surface area (Å²) in [6, 6.07) is 8.83. The molecule has 1 aromatic carbocycles. The van der Waals surface area contributed by atoms with E-state index in [0.717, 1.165) is 41.2 Å². The Morgan fingerprint density at radius 3 is 3.03 bits per heavy atom. The van der Waals surface area contributed by atoms with Gasteiger partial charge >= 0.3 is 6.03 Å². The average Bonchev–Trinajstić information content (AvgIpc) is 3.43. The summed E-state index contributed by atoms with van der Waals surface area (Å²) in [5, 5.41) is 12.6. The molecule has 0 saturated carbocycles. The molecule has 2 saturated heterocycles. The van der Waals surface area contributed by atoms with E-state index in [2.05, 4.69) is 20.8 Å². The molecule has 0 radical (unpaired) electrons. The van der Waals surface area contributed by atoms with Crippen LogP contribution in [0, 0.1) is 0 Å². The summed E-state index contributed by atoms with van der Waals surface area (Å²) in [6.45, 7) is 1.04. The number of fused-ring (bicyclic) bond motifs is 2. The number of nitrogens with zero attached hydrogens (tertiary/aromatic N) is 2. The maximum absolute atomic E-state index is 13.1. The molecule has 1 spiro atoms. The van der Waals surface area contributed by atoms with E-state index in [9.17, 15) is 14.4 Å². The number of ether oxygens (including phenoxy) is 1. The highest BCUT2D eigenvalue weighted by Gasteiger charge is 2.55. The molecule has 5 rings (SSSR count). The van der Waals surface area contributed by atoms with E-state index in [0.29, 0.717) is 25.3 Å². The van der Waals surface area contributed by atoms with Crippen LogP contribution in [0.4, 0.5) is 10.6 Å². The van der Waals surface area contributed by atoms with Crippen molar-refractivity contribution in [2.24, 2.45) is 0 Å². The number of hydrogen-bond donors (Lipinski definition) is 3. The Bertz CT molecular complexity index is 1010. The highest BCUT2D eigenvalue weighted by Crippen LogP contribution is 2.41. The van der Waals surface area contributed by atoms with Crippen LogP contribution in [0.3, 0.4) is 0 Å². The third-order valence-electron chi connectivity index (χ3n) is 6.19. The number of aromatic nitrogens is 2. The summed E-state index contributed by atoms with van der Waals surface area (Å²) in [5.74, 6) is -0.256. The Balaban J connectivity index is 1.26. The first kappa shape index (κ1) is 18.8. The fraction of sp³-hybridized carbons (Fsp3) is 0.429. The second kappa shape index (κ2) is 7.24. The van der Waals surface area contributed by atoms with Gasteiger partial charge in [-0.3, -0.25) is 19.6 Å². The van der Waals surface area contributed by atoms with Gasteiger partial charge in [0.2, 0.25) is 5.91 Å². The Kier molecular flexibility index (Phi) is 4.54. The van der Waals surface area contributed by atoms with E-state index in [1.54, 1.807) is 6.07 Å². The minimum absolute atomic E-state index is 0.227. The number of urea groups is 1. The molecule has 3 heterocycles. The number of imide groups is 1. The van der Waals surface area contributed by atoms with Crippen LogP contribution in [0.1, 0.15) is 42.0 Å². The van der Waals surface area contributed by atoms with Crippen molar-refractivity contribution in [1.29, 1.82) is 0 Å². The molecule has 2 fully saturated rings. The smallest absolute Gasteiger partial charge is 0.325 e. The summed E-state index contributed by atoms with van der Waals surface area (Å²) < 4.78 is 5.49. The number of amides is 4. The van der Waals surface area contributed by atoms with Crippen molar-refractivity contribution in [3.63, 3.8) is 0 Å². The first-order valence-corrected chi connectivity index (χ1v) is 10.2. The maximum atomic E-state index is 13.1. The molecular formula is C21H23N5O4. The first-order valence-electron chi connectivity index (χ1n) is 10.2. The molecule has 2 aromatic rings. The Morgan fingerprint density at radius 2 is 2.20 bits per heavy atom. The molecule has 9 heteroatoms. The molecule has 2 aliphatic heterocycles. The topological polar surface area (TPSA) is 116 Å². The van der Waals surface area contributed by atoms with Crippen LogP contribution in [-0.4, -0.2) is 52.7 Å². The van der Waals surface area contributed by atoms with Gasteiger partial charge in [0.05, 0.1) is 6.61 Å². The van der Waals surface area contributed by atoms with E-state index in [1.807, 2.05) is 24.3 Å². The zero-order valence-corrected chi connectivity index (χ0v) is 16.4. The number of anilines is 1. The summed E-state index contributed by atoms with van der Waals surface area (Å²) in [7, 11) is 0. The quantitative estimate of drug-likeness (QED) is 0.664. The van der Waals surface area contributed by atoms with Crippen molar-refractivity contribution < 1.29 is 19.1 Å². The second-order valence-corrected chi connectivity index (χ2v) is 8.05. The molecule has 9 nitrogen and oxygen atoms in total. The number of rotatable bonds is 4.